The third kappa shape index (κ3) is 0.976. The van der Waals surface area contributed by atoms with Crippen LogP contribution in [-0.2, 0) is 0 Å². The van der Waals surface area contributed by atoms with Crippen LogP contribution in [0.25, 0.3) is 22.5 Å². The van der Waals surface area contributed by atoms with Gasteiger partial charge in [-0.2, -0.15) is 5.26 Å². The van der Waals surface area contributed by atoms with Crippen LogP contribution < -0.4 is 5.22 Å². The minimum atomic E-state index is 1.01. The van der Waals surface area contributed by atoms with Gasteiger partial charge in [0.15, 0.2) is 0 Å². The number of hydrogen-bond acceptors (Lipinski definition) is 1. The second kappa shape index (κ2) is 2.86. The van der Waals surface area contributed by atoms with Crippen LogP contribution in [0.4, 0.5) is 0 Å². The fourth-order valence-electron chi connectivity index (χ4n) is 2.08. The number of rotatable bonds is 0. The molecule has 2 heteroatoms. The molecule has 0 amide bonds. The first kappa shape index (κ1) is 8.07. The van der Waals surface area contributed by atoms with Crippen molar-refractivity contribution >= 4 is 22.5 Å². The van der Waals surface area contributed by atoms with Crippen LogP contribution in [0, 0.1) is 11.3 Å². The third-order valence-corrected chi connectivity index (χ3v) is 2.69. The second-order valence-corrected chi connectivity index (χ2v) is 3.47. The Balaban J connectivity index is 2.72. The fraction of sp³-hybridized carbons (Fsp3) is 0. The van der Waals surface area contributed by atoms with Crippen molar-refractivity contribution < 1.29 is 0 Å². The van der Waals surface area contributed by atoms with Crippen LogP contribution in [0.2, 0.25) is 0 Å². The van der Waals surface area contributed by atoms with Gasteiger partial charge in [0, 0.05) is 22.9 Å². The van der Waals surface area contributed by atoms with E-state index in [0.717, 1.165) is 21.6 Å². The second-order valence-electron chi connectivity index (χ2n) is 3.47. The van der Waals surface area contributed by atoms with Gasteiger partial charge in [0.2, 0.25) is 0 Å². The summed E-state index contributed by atoms with van der Waals surface area (Å²) in [6.07, 6.45) is 3.63. The Hall–Kier alpha value is -2.27. The lowest BCUT2D eigenvalue weighted by molar-refractivity contribution is 1.30. The number of hydrogen-bond donors (Lipinski definition) is 0. The molecule has 1 aromatic carbocycles. The molecule has 0 atom stereocenters. The highest BCUT2D eigenvalue weighted by molar-refractivity contribution is 5.89. The summed E-state index contributed by atoms with van der Waals surface area (Å²) < 4.78 is 2.11. The lowest BCUT2D eigenvalue weighted by atomic mass is 10.2. The van der Waals surface area contributed by atoms with Crippen molar-refractivity contribution in [3.63, 3.8) is 0 Å². The van der Waals surface area contributed by atoms with Gasteiger partial charge in [-0.3, -0.25) is 0 Å². The molecule has 3 aromatic rings. The van der Waals surface area contributed by atoms with E-state index in [0.29, 0.717) is 0 Å². The topological polar surface area (TPSA) is 28.2 Å². The van der Waals surface area contributed by atoms with Gasteiger partial charge in [-0.15, -0.1) is 0 Å². The number of fused-ring (bicyclic) bond motifs is 3. The quantitative estimate of drug-likeness (QED) is 0.536. The predicted molar refractivity (Wildman–Crippen MR) is 60.2 cm³/mol. The van der Waals surface area contributed by atoms with Gasteiger partial charge < -0.3 is 4.40 Å². The Bertz CT molecular complexity index is 729. The number of para-hydroxylation sites is 1. The van der Waals surface area contributed by atoms with Crippen LogP contribution in [0.5, 0.6) is 0 Å². The van der Waals surface area contributed by atoms with E-state index in [1.54, 1.807) is 6.08 Å². The Labute approximate surface area is 86.7 Å². The van der Waals surface area contributed by atoms with E-state index in [2.05, 4.69) is 16.5 Å². The first-order chi connectivity index (χ1) is 7.42. The third-order valence-electron chi connectivity index (χ3n) is 2.69. The molecule has 0 radical (unpaired) electrons. The highest BCUT2D eigenvalue weighted by atomic mass is 14.9. The molecule has 2 nitrogen and oxygen atoms in total. The Morgan fingerprint density at radius 3 is 2.73 bits per heavy atom. The maximum atomic E-state index is 8.78. The molecule has 2 heterocycles. The Morgan fingerprint density at radius 2 is 1.87 bits per heavy atom. The number of nitrogens with zero attached hydrogens (tertiary/aromatic N) is 2. The molecular weight excluding hydrogens is 184 g/mol. The number of aromatic nitrogens is 1. The zero-order chi connectivity index (χ0) is 10.3. The van der Waals surface area contributed by atoms with Crippen molar-refractivity contribution in [2.45, 2.75) is 0 Å². The molecular formula is C13H8N2. The summed E-state index contributed by atoms with van der Waals surface area (Å²) in [4.78, 5) is 0. The number of nitriles is 1. The van der Waals surface area contributed by atoms with Gasteiger partial charge in [-0.1, -0.05) is 18.2 Å². The molecule has 0 spiro atoms. The average molecular weight is 192 g/mol. The maximum absolute atomic E-state index is 8.78. The highest BCUT2D eigenvalue weighted by Gasteiger charge is 2.04. The van der Waals surface area contributed by atoms with Crippen molar-refractivity contribution in [3.8, 4) is 6.07 Å². The van der Waals surface area contributed by atoms with E-state index in [1.807, 2.05) is 36.5 Å². The summed E-state index contributed by atoms with van der Waals surface area (Å²) in [5.41, 5.74) is 2.25. The summed E-state index contributed by atoms with van der Waals surface area (Å²) >= 11 is 0. The lowest BCUT2D eigenvalue weighted by Crippen LogP contribution is -1.96. The molecule has 0 fully saturated rings. The molecule has 0 unspecified atom stereocenters. The minimum absolute atomic E-state index is 1.01. The lowest BCUT2D eigenvalue weighted by Gasteiger charge is -1.89. The van der Waals surface area contributed by atoms with Crippen LogP contribution >= 0.6 is 0 Å². The molecule has 0 bridgehead atoms. The first-order valence-electron chi connectivity index (χ1n) is 4.79. The van der Waals surface area contributed by atoms with Crippen molar-refractivity contribution in [3.05, 3.63) is 47.8 Å². The van der Waals surface area contributed by atoms with Crippen molar-refractivity contribution in [1.82, 2.24) is 4.40 Å². The predicted octanol–water partition coefficient (Wildman–Crippen LogP) is 2.12. The van der Waals surface area contributed by atoms with Crippen LogP contribution in [0.3, 0.4) is 0 Å². The zero-order valence-corrected chi connectivity index (χ0v) is 8.01. The molecule has 0 aliphatic rings. The van der Waals surface area contributed by atoms with E-state index in [9.17, 15) is 0 Å². The maximum Gasteiger partial charge on any atom is 0.0919 e. The smallest absolute Gasteiger partial charge is 0.0919 e. The largest absolute Gasteiger partial charge is 0.316 e. The van der Waals surface area contributed by atoms with E-state index in [-0.39, 0.29) is 0 Å². The van der Waals surface area contributed by atoms with E-state index in [4.69, 9.17) is 5.26 Å². The molecule has 0 aliphatic heterocycles. The van der Waals surface area contributed by atoms with Gasteiger partial charge in [0.25, 0.3) is 0 Å². The van der Waals surface area contributed by atoms with Crippen LogP contribution in [-0.4, -0.2) is 4.40 Å². The minimum Gasteiger partial charge on any atom is -0.316 e. The van der Waals surface area contributed by atoms with Gasteiger partial charge in [0.05, 0.1) is 17.1 Å². The molecule has 70 valence electrons. The van der Waals surface area contributed by atoms with Gasteiger partial charge in [0.1, 0.15) is 0 Å². The summed E-state index contributed by atoms with van der Waals surface area (Å²) in [7, 11) is 0. The highest BCUT2D eigenvalue weighted by Crippen LogP contribution is 2.14. The summed E-state index contributed by atoms with van der Waals surface area (Å²) in [5.74, 6) is 0. The number of benzene rings is 1. The fourth-order valence-corrected chi connectivity index (χ4v) is 2.08. The summed E-state index contributed by atoms with van der Waals surface area (Å²) in [5, 5.41) is 10.9. The van der Waals surface area contributed by atoms with Crippen molar-refractivity contribution in [2.75, 3.05) is 0 Å². The molecule has 15 heavy (non-hydrogen) atoms. The van der Waals surface area contributed by atoms with Crippen LogP contribution in [0.15, 0.2) is 42.6 Å². The van der Waals surface area contributed by atoms with E-state index >= 15 is 0 Å². The summed E-state index contributed by atoms with van der Waals surface area (Å²) in [6, 6.07) is 14.3. The Morgan fingerprint density at radius 1 is 1.07 bits per heavy atom. The molecule has 0 N–H and O–H groups in total. The van der Waals surface area contributed by atoms with Gasteiger partial charge in [-0.25, -0.2) is 0 Å². The monoisotopic (exact) mass is 192 g/mol. The van der Waals surface area contributed by atoms with Crippen molar-refractivity contribution in [1.29, 1.82) is 5.26 Å². The molecule has 3 rings (SSSR count). The standard InChI is InChI=1S/C13H8N2/c14-8-7-11-10-4-1-2-5-12(10)15-9-3-6-13(11)15/h1-7,9H/b11-7-. The van der Waals surface area contributed by atoms with E-state index < -0.39 is 0 Å². The van der Waals surface area contributed by atoms with Gasteiger partial charge in [-0.05, 0) is 18.2 Å². The van der Waals surface area contributed by atoms with Crippen molar-refractivity contribution in [2.24, 2.45) is 0 Å². The molecule has 2 aromatic heterocycles. The molecule has 0 saturated heterocycles. The average Bonchev–Trinajstić information content (AvgIpc) is 2.82. The van der Waals surface area contributed by atoms with E-state index in [1.165, 1.54) is 0 Å². The summed E-state index contributed by atoms with van der Waals surface area (Å²) in [6.45, 7) is 0. The SMILES string of the molecule is N#C/C=c1/c2ccccc2n2cccc12. The normalized spacial score (nSPS) is 12.3. The van der Waals surface area contributed by atoms with Gasteiger partial charge >= 0.3 is 0 Å². The molecule has 0 saturated carbocycles. The van der Waals surface area contributed by atoms with Crippen LogP contribution in [0.1, 0.15) is 0 Å². The zero-order valence-electron chi connectivity index (χ0n) is 8.01. The molecule has 0 aliphatic carbocycles. The first-order valence-corrected chi connectivity index (χ1v) is 4.79. The Kier molecular flexibility index (Phi) is 1.54.